The number of carbonyl (C=O) groups is 1. The number of aryl methyl sites for hydroxylation is 3. The number of benzene rings is 3. The van der Waals surface area contributed by atoms with Gasteiger partial charge in [0.05, 0.1) is 12.8 Å². The fourth-order valence-corrected chi connectivity index (χ4v) is 5.37. The molecule has 0 saturated carbocycles. The van der Waals surface area contributed by atoms with E-state index in [1.165, 1.54) is 11.1 Å². The molecule has 6 rings (SSSR count). The summed E-state index contributed by atoms with van der Waals surface area (Å²) in [4.78, 5) is 14.0. The maximum Gasteiger partial charge on any atom is 0.273 e. The van der Waals surface area contributed by atoms with Crippen LogP contribution in [0.1, 0.15) is 34.5 Å². The molecule has 0 saturated heterocycles. The molecule has 180 valence electrons. The Bertz CT molecular complexity index is 1560. The maximum atomic E-state index is 14.0. The topological polar surface area (TPSA) is 47.7 Å². The van der Waals surface area contributed by atoms with Crippen LogP contribution in [0.25, 0.3) is 28.0 Å². The number of hydrogen-bond acceptors (Lipinski definition) is 2. The Kier molecular flexibility index (Phi) is 5.61. The highest BCUT2D eigenvalue weighted by Gasteiger charge is 2.29. The fourth-order valence-electron chi connectivity index (χ4n) is 5.37. The van der Waals surface area contributed by atoms with Crippen LogP contribution < -0.4 is 10.1 Å². The van der Waals surface area contributed by atoms with E-state index in [9.17, 15) is 4.79 Å². The minimum Gasteiger partial charge on any atom is -0.497 e. The number of imidazole rings is 1. The van der Waals surface area contributed by atoms with Gasteiger partial charge in [0, 0.05) is 35.6 Å². The summed E-state index contributed by atoms with van der Waals surface area (Å²) in [7, 11) is 1.63. The van der Waals surface area contributed by atoms with E-state index in [1.54, 1.807) is 7.11 Å². The van der Waals surface area contributed by atoms with Gasteiger partial charge in [-0.1, -0.05) is 66.2 Å². The van der Waals surface area contributed by atoms with E-state index in [0.717, 1.165) is 53.8 Å². The van der Waals surface area contributed by atoms with Gasteiger partial charge in [0.1, 0.15) is 17.1 Å². The van der Waals surface area contributed by atoms with E-state index in [-0.39, 0.29) is 5.91 Å². The second-order valence-electron chi connectivity index (χ2n) is 9.44. The van der Waals surface area contributed by atoms with Gasteiger partial charge in [-0.15, -0.1) is 0 Å². The Hall–Kier alpha value is -4.25. The Morgan fingerprint density at radius 2 is 1.72 bits per heavy atom. The van der Waals surface area contributed by atoms with Crippen LogP contribution in [0.5, 0.6) is 5.75 Å². The van der Waals surface area contributed by atoms with Gasteiger partial charge in [0.15, 0.2) is 0 Å². The van der Waals surface area contributed by atoms with E-state index in [2.05, 4.69) is 63.8 Å². The number of rotatable bonds is 5. The van der Waals surface area contributed by atoms with Crippen LogP contribution in [0.15, 0.2) is 85.1 Å². The number of anilines is 1. The SMILES string of the molecule is COc1cccc(NC(=O)c2c(-c3ccccc3)c3c4n(c(-c5ccc(C)cc5)cn24)CCCC3)c1. The minimum absolute atomic E-state index is 0.128. The Morgan fingerprint density at radius 3 is 2.50 bits per heavy atom. The number of ether oxygens (including phenoxy) is 1. The van der Waals surface area contributed by atoms with Gasteiger partial charge in [-0.3, -0.25) is 9.20 Å². The van der Waals surface area contributed by atoms with Crippen molar-refractivity contribution in [2.24, 2.45) is 0 Å². The number of amides is 1. The largest absolute Gasteiger partial charge is 0.497 e. The first-order valence-electron chi connectivity index (χ1n) is 12.5. The molecule has 5 heteroatoms. The van der Waals surface area contributed by atoms with Crippen LogP contribution in [0, 0.1) is 6.92 Å². The fraction of sp³-hybridized carbons (Fsp3) is 0.194. The molecule has 0 unspecified atom stereocenters. The summed E-state index contributed by atoms with van der Waals surface area (Å²) in [6, 6.07) is 26.4. The molecule has 0 radical (unpaired) electrons. The third-order valence-electron chi connectivity index (χ3n) is 7.09. The van der Waals surface area contributed by atoms with Gasteiger partial charge in [-0.25, -0.2) is 0 Å². The van der Waals surface area contributed by atoms with Crippen molar-refractivity contribution in [2.75, 3.05) is 12.4 Å². The molecule has 1 N–H and O–H groups in total. The summed E-state index contributed by atoms with van der Waals surface area (Å²) in [6.45, 7) is 3.04. The van der Waals surface area contributed by atoms with E-state index in [0.29, 0.717) is 17.1 Å². The molecule has 0 fully saturated rings. The highest BCUT2D eigenvalue weighted by Crippen LogP contribution is 2.39. The third kappa shape index (κ3) is 3.77. The molecular weight excluding hydrogens is 446 g/mol. The van der Waals surface area contributed by atoms with Crippen LogP contribution >= 0.6 is 0 Å². The monoisotopic (exact) mass is 475 g/mol. The lowest BCUT2D eigenvalue weighted by atomic mass is 9.98. The Balaban J connectivity index is 1.58. The molecule has 0 spiro atoms. The third-order valence-corrected chi connectivity index (χ3v) is 7.09. The lowest BCUT2D eigenvalue weighted by molar-refractivity contribution is 0.102. The zero-order valence-corrected chi connectivity index (χ0v) is 20.6. The first-order valence-corrected chi connectivity index (χ1v) is 12.5. The van der Waals surface area contributed by atoms with E-state index < -0.39 is 0 Å². The molecular formula is C31H29N3O2. The number of aromatic nitrogens is 2. The molecule has 5 aromatic rings. The number of methoxy groups -OCH3 is 1. The molecule has 3 heterocycles. The molecule has 1 aliphatic rings. The summed E-state index contributed by atoms with van der Waals surface area (Å²) in [5.41, 5.74) is 9.38. The zero-order chi connectivity index (χ0) is 24.6. The van der Waals surface area contributed by atoms with Crippen molar-refractivity contribution in [1.29, 1.82) is 0 Å². The van der Waals surface area contributed by atoms with Crippen molar-refractivity contribution < 1.29 is 9.53 Å². The quantitative estimate of drug-likeness (QED) is 0.298. The zero-order valence-electron chi connectivity index (χ0n) is 20.6. The highest BCUT2D eigenvalue weighted by molar-refractivity contribution is 6.10. The number of nitrogens with one attached hydrogen (secondary N) is 1. The second-order valence-corrected chi connectivity index (χ2v) is 9.44. The molecule has 0 atom stereocenters. The van der Waals surface area contributed by atoms with Gasteiger partial charge < -0.3 is 14.6 Å². The van der Waals surface area contributed by atoms with Crippen LogP contribution in [-0.2, 0) is 13.0 Å². The van der Waals surface area contributed by atoms with E-state index in [1.807, 2.05) is 42.5 Å². The Morgan fingerprint density at radius 1 is 0.917 bits per heavy atom. The van der Waals surface area contributed by atoms with Crippen LogP contribution in [0.2, 0.25) is 0 Å². The van der Waals surface area contributed by atoms with Gasteiger partial charge in [0.25, 0.3) is 5.91 Å². The first-order chi connectivity index (χ1) is 17.6. The lowest BCUT2D eigenvalue weighted by Gasteiger charge is -2.11. The lowest BCUT2D eigenvalue weighted by Crippen LogP contribution is -2.15. The molecule has 2 aromatic heterocycles. The van der Waals surface area contributed by atoms with E-state index >= 15 is 0 Å². The summed E-state index contributed by atoms with van der Waals surface area (Å²) < 4.78 is 9.89. The van der Waals surface area contributed by atoms with Crippen LogP contribution in [0.3, 0.4) is 0 Å². The number of nitrogens with zero attached hydrogens (tertiary/aromatic N) is 2. The molecule has 0 bridgehead atoms. The predicted octanol–water partition coefficient (Wildman–Crippen LogP) is 6.98. The van der Waals surface area contributed by atoms with Gasteiger partial charge in [0.2, 0.25) is 0 Å². The van der Waals surface area contributed by atoms with E-state index in [4.69, 9.17) is 4.74 Å². The second kappa shape index (κ2) is 9.08. The van der Waals surface area contributed by atoms with Crippen molar-refractivity contribution in [3.63, 3.8) is 0 Å². The van der Waals surface area contributed by atoms with Crippen molar-refractivity contribution in [3.8, 4) is 28.1 Å². The van der Waals surface area contributed by atoms with Crippen molar-refractivity contribution in [1.82, 2.24) is 8.97 Å². The smallest absolute Gasteiger partial charge is 0.273 e. The standard InChI is InChI=1S/C31H29N3O2/c1-21-14-16-22(17-15-21)27-20-34-29(30(35)32-24-11-8-12-25(19-24)36-2)28(23-9-4-3-5-10-23)26-13-6-7-18-33(27)31(26)34/h3-5,8-12,14-17,19-20H,6-7,13,18H2,1-2H3,(H,32,35). The summed E-state index contributed by atoms with van der Waals surface area (Å²) in [5, 5.41) is 3.14. The minimum atomic E-state index is -0.128. The number of carbonyl (C=O) groups excluding carboxylic acids is 1. The maximum absolute atomic E-state index is 14.0. The molecule has 1 aliphatic heterocycles. The molecule has 3 aromatic carbocycles. The molecule has 36 heavy (non-hydrogen) atoms. The first kappa shape index (κ1) is 22.2. The number of hydrogen-bond donors (Lipinski definition) is 1. The summed E-state index contributed by atoms with van der Waals surface area (Å²) in [6.07, 6.45) is 5.28. The van der Waals surface area contributed by atoms with Gasteiger partial charge in [-0.2, -0.15) is 0 Å². The van der Waals surface area contributed by atoms with Gasteiger partial charge in [-0.05, 0) is 49.4 Å². The predicted molar refractivity (Wildman–Crippen MR) is 145 cm³/mol. The van der Waals surface area contributed by atoms with Crippen molar-refractivity contribution in [2.45, 2.75) is 32.7 Å². The normalized spacial score (nSPS) is 12.9. The average Bonchev–Trinajstić information content (AvgIpc) is 3.32. The Labute approximate surface area is 211 Å². The summed E-state index contributed by atoms with van der Waals surface area (Å²) >= 11 is 0. The van der Waals surface area contributed by atoms with Crippen LogP contribution in [0.4, 0.5) is 5.69 Å². The van der Waals surface area contributed by atoms with Gasteiger partial charge >= 0.3 is 0 Å². The molecule has 0 aliphatic carbocycles. The highest BCUT2D eigenvalue weighted by atomic mass is 16.5. The average molecular weight is 476 g/mol. The van der Waals surface area contributed by atoms with Crippen LogP contribution in [-0.4, -0.2) is 22.0 Å². The molecule has 5 nitrogen and oxygen atoms in total. The summed E-state index contributed by atoms with van der Waals surface area (Å²) in [5.74, 6) is 0.579. The molecule has 1 amide bonds. The van der Waals surface area contributed by atoms with Crippen molar-refractivity contribution >= 4 is 17.2 Å². The van der Waals surface area contributed by atoms with Crippen molar-refractivity contribution in [3.05, 3.63) is 102 Å².